The van der Waals surface area contributed by atoms with Crippen molar-refractivity contribution in [2.75, 3.05) is 47.4 Å². The van der Waals surface area contributed by atoms with Crippen LogP contribution in [0.2, 0.25) is 0 Å². The highest BCUT2D eigenvalue weighted by Crippen LogP contribution is 2.31. The first-order chi connectivity index (χ1) is 8.74. The third-order valence-electron chi connectivity index (χ3n) is 3.47. The van der Waals surface area contributed by atoms with Crippen molar-refractivity contribution in [2.45, 2.75) is 5.92 Å². The first kappa shape index (κ1) is 13.2. The number of likely N-dealkylation sites (N-methyl/N-ethyl adjacent to an activating group) is 1. The van der Waals surface area contributed by atoms with E-state index in [-0.39, 0.29) is 0 Å². The van der Waals surface area contributed by atoms with Crippen LogP contribution in [0.15, 0.2) is 18.2 Å². The Labute approximate surface area is 109 Å². The maximum absolute atomic E-state index is 5.37. The number of hydrogen-bond donors (Lipinski definition) is 1. The Bertz CT molecular complexity index is 395. The molecule has 4 heteroatoms. The normalized spacial score (nSPS) is 21.4. The zero-order valence-corrected chi connectivity index (χ0v) is 11.4. The average molecular weight is 250 g/mol. The van der Waals surface area contributed by atoms with Crippen molar-refractivity contribution in [2.24, 2.45) is 0 Å². The van der Waals surface area contributed by atoms with Crippen molar-refractivity contribution in [3.63, 3.8) is 0 Å². The second-order valence-corrected chi connectivity index (χ2v) is 4.78. The molecule has 18 heavy (non-hydrogen) atoms. The smallest absolute Gasteiger partial charge is 0.160 e. The highest BCUT2D eigenvalue weighted by molar-refractivity contribution is 5.44. The lowest BCUT2D eigenvalue weighted by Gasteiger charge is -2.20. The Morgan fingerprint density at radius 1 is 1.22 bits per heavy atom. The van der Waals surface area contributed by atoms with Gasteiger partial charge in [-0.1, -0.05) is 6.07 Å². The van der Waals surface area contributed by atoms with Gasteiger partial charge < -0.3 is 19.7 Å². The summed E-state index contributed by atoms with van der Waals surface area (Å²) in [6.45, 7) is 4.24. The number of rotatable bonds is 3. The average Bonchev–Trinajstić information content (AvgIpc) is 2.62. The van der Waals surface area contributed by atoms with Crippen molar-refractivity contribution >= 4 is 0 Å². The quantitative estimate of drug-likeness (QED) is 0.877. The Balaban J connectivity index is 2.21. The molecule has 0 aromatic heterocycles. The molecule has 0 aliphatic carbocycles. The summed E-state index contributed by atoms with van der Waals surface area (Å²) in [5, 5.41) is 3.48. The van der Waals surface area contributed by atoms with Crippen LogP contribution in [0, 0.1) is 0 Å². The molecule has 4 nitrogen and oxygen atoms in total. The number of hydrogen-bond acceptors (Lipinski definition) is 4. The fourth-order valence-corrected chi connectivity index (χ4v) is 2.41. The van der Waals surface area contributed by atoms with Crippen molar-refractivity contribution < 1.29 is 9.47 Å². The number of nitrogens with zero attached hydrogens (tertiary/aromatic N) is 1. The maximum Gasteiger partial charge on any atom is 0.160 e. The van der Waals surface area contributed by atoms with Gasteiger partial charge in [0.25, 0.3) is 0 Å². The summed E-state index contributed by atoms with van der Waals surface area (Å²) in [6.07, 6.45) is 0. The van der Waals surface area contributed by atoms with Crippen LogP contribution >= 0.6 is 0 Å². The standard InChI is InChI=1S/C14H22N2O2/c1-16-7-6-15-9-12(10-16)11-4-5-13(17-2)14(8-11)18-3/h4-5,8,12,15H,6-7,9-10H2,1-3H3. The number of nitrogens with one attached hydrogen (secondary N) is 1. The highest BCUT2D eigenvalue weighted by atomic mass is 16.5. The molecular formula is C14H22N2O2. The predicted octanol–water partition coefficient (Wildman–Crippen LogP) is 1.32. The SMILES string of the molecule is COc1ccc(C2CNCCN(C)C2)cc1OC. The van der Waals surface area contributed by atoms with E-state index in [2.05, 4.69) is 29.4 Å². The largest absolute Gasteiger partial charge is 0.493 e. The van der Waals surface area contributed by atoms with Gasteiger partial charge in [0, 0.05) is 32.1 Å². The van der Waals surface area contributed by atoms with Gasteiger partial charge in [0.05, 0.1) is 14.2 Å². The van der Waals surface area contributed by atoms with E-state index in [9.17, 15) is 0 Å². The molecule has 1 aliphatic heterocycles. The van der Waals surface area contributed by atoms with Crippen LogP contribution in [0.1, 0.15) is 11.5 Å². The van der Waals surface area contributed by atoms with Crippen molar-refractivity contribution in [3.05, 3.63) is 23.8 Å². The summed E-state index contributed by atoms with van der Waals surface area (Å²) >= 11 is 0. The van der Waals surface area contributed by atoms with Crippen LogP contribution in [-0.4, -0.2) is 52.3 Å². The lowest BCUT2D eigenvalue weighted by Crippen LogP contribution is -2.24. The fraction of sp³-hybridized carbons (Fsp3) is 0.571. The van der Waals surface area contributed by atoms with Gasteiger partial charge in [0.1, 0.15) is 0 Å². The topological polar surface area (TPSA) is 33.7 Å². The molecule has 0 saturated carbocycles. The first-order valence-corrected chi connectivity index (χ1v) is 6.35. The molecule has 100 valence electrons. The summed E-state index contributed by atoms with van der Waals surface area (Å²) < 4.78 is 10.6. The molecule has 0 radical (unpaired) electrons. The van der Waals surface area contributed by atoms with E-state index >= 15 is 0 Å². The van der Waals surface area contributed by atoms with E-state index < -0.39 is 0 Å². The van der Waals surface area contributed by atoms with Crippen LogP contribution in [-0.2, 0) is 0 Å². The van der Waals surface area contributed by atoms with Gasteiger partial charge in [-0.15, -0.1) is 0 Å². The maximum atomic E-state index is 5.37. The number of ether oxygens (including phenoxy) is 2. The molecule has 1 heterocycles. The van der Waals surface area contributed by atoms with Crippen LogP contribution in [0.5, 0.6) is 11.5 Å². The van der Waals surface area contributed by atoms with Crippen molar-refractivity contribution in [1.29, 1.82) is 0 Å². The first-order valence-electron chi connectivity index (χ1n) is 6.35. The third kappa shape index (κ3) is 2.94. The van der Waals surface area contributed by atoms with E-state index in [0.717, 1.165) is 37.7 Å². The van der Waals surface area contributed by atoms with Gasteiger partial charge in [-0.2, -0.15) is 0 Å². The number of benzene rings is 1. The molecule has 1 aromatic rings. The second-order valence-electron chi connectivity index (χ2n) is 4.78. The molecule has 1 aromatic carbocycles. The highest BCUT2D eigenvalue weighted by Gasteiger charge is 2.18. The molecule has 2 rings (SSSR count). The minimum absolute atomic E-state index is 0.498. The molecule has 1 aliphatic rings. The summed E-state index contributed by atoms with van der Waals surface area (Å²) in [7, 11) is 5.51. The molecule has 0 spiro atoms. The predicted molar refractivity (Wildman–Crippen MR) is 72.7 cm³/mol. The monoisotopic (exact) mass is 250 g/mol. The summed E-state index contributed by atoms with van der Waals surface area (Å²) in [6, 6.07) is 6.20. The van der Waals surface area contributed by atoms with Crippen LogP contribution in [0.25, 0.3) is 0 Å². The molecule has 1 N–H and O–H groups in total. The van der Waals surface area contributed by atoms with Gasteiger partial charge in [0.2, 0.25) is 0 Å². The van der Waals surface area contributed by atoms with E-state index in [0.29, 0.717) is 5.92 Å². The molecule has 1 unspecified atom stereocenters. The van der Waals surface area contributed by atoms with E-state index in [1.54, 1.807) is 14.2 Å². The van der Waals surface area contributed by atoms with E-state index in [4.69, 9.17) is 9.47 Å². The summed E-state index contributed by atoms with van der Waals surface area (Å²) in [4.78, 5) is 2.36. The van der Waals surface area contributed by atoms with E-state index in [1.807, 2.05) is 6.07 Å². The molecular weight excluding hydrogens is 228 g/mol. The lowest BCUT2D eigenvalue weighted by atomic mass is 9.98. The summed E-state index contributed by atoms with van der Waals surface area (Å²) in [5.41, 5.74) is 1.30. The zero-order valence-electron chi connectivity index (χ0n) is 11.4. The van der Waals surface area contributed by atoms with Gasteiger partial charge in [0.15, 0.2) is 11.5 Å². The Kier molecular flexibility index (Phi) is 4.44. The lowest BCUT2D eigenvalue weighted by molar-refractivity contribution is 0.339. The molecule has 1 saturated heterocycles. The van der Waals surface area contributed by atoms with Crippen LogP contribution in [0.3, 0.4) is 0 Å². The number of methoxy groups -OCH3 is 2. The van der Waals surface area contributed by atoms with Crippen molar-refractivity contribution in [1.82, 2.24) is 10.2 Å². The minimum Gasteiger partial charge on any atom is -0.493 e. The Hall–Kier alpha value is -1.26. The van der Waals surface area contributed by atoms with Gasteiger partial charge in [-0.3, -0.25) is 0 Å². The van der Waals surface area contributed by atoms with E-state index in [1.165, 1.54) is 5.56 Å². The molecule has 1 fully saturated rings. The van der Waals surface area contributed by atoms with Gasteiger partial charge in [-0.05, 0) is 24.7 Å². The van der Waals surface area contributed by atoms with Crippen LogP contribution < -0.4 is 14.8 Å². The Morgan fingerprint density at radius 2 is 2.00 bits per heavy atom. The van der Waals surface area contributed by atoms with Crippen LogP contribution in [0.4, 0.5) is 0 Å². The summed E-state index contributed by atoms with van der Waals surface area (Å²) in [5.74, 6) is 2.09. The third-order valence-corrected chi connectivity index (χ3v) is 3.47. The Morgan fingerprint density at radius 3 is 2.72 bits per heavy atom. The fourth-order valence-electron chi connectivity index (χ4n) is 2.41. The van der Waals surface area contributed by atoms with Gasteiger partial charge >= 0.3 is 0 Å². The molecule has 0 amide bonds. The molecule has 0 bridgehead atoms. The minimum atomic E-state index is 0.498. The second kappa shape index (κ2) is 6.07. The van der Waals surface area contributed by atoms with Gasteiger partial charge in [-0.25, -0.2) is 0 Å². The van der Waals surface area contributed by atoms with Crippen molar-refractivity contribution in [3.8, 4) is 11.5 Å². The zero-order chi connectivity index (χ0) is 13.0. The molecule has 1 atom stereocenters.